The third-order valence-corrected chi connectivity index (χ3v) is 2.93. The van der Waals surface area contributed by atoms with Crippen LogP contribution in [0.25, 0.3) is 0 Å². The molecule has 102 valence electrons. The molecule has 2 aromatic rings. The molecular weight excluding hydrogens is 242 g/mol. The minimum absolute atomic E-state index is 0.0818. The predicted octanol–water partition coefficient (Wildman–Crippen LogP) is 2.62. The molecule has 0 saturated heterocycles. The van der Waals surface area contributed by atoms with Crippen molar-refractivity contribution in [2.45, 2.75) is 39.3 Å². The van der Waals surface area contributed by atoms with Crippen LogP contribution in [0.4, 0.5) is 0 Å². The summed E-state index contributed by atoms with van der Waals surface area (Å²) in [6, 6.07) is 7.87. The fourth-order valence-electron chi connectivity index (χ4n) is 1.69. The van der Waals surface area contributed by atoms with E-state index in [4.69, 9.17) is 15.0 Å². The van der Waals surface area contributed by atoms with E-state index in [1.807, 2.05) is 31.2 Å². The van der Waals surface area contributed by atoms with E-state index >= 15 is 0 Å². The maximum atomic E-state index is 5.95. The van der Waals surface area contributed by atoms with Crippen molar-refractivity contribution in [3.63, 3.8) is 0 Å². The van der Waals surface area contributed by atoms with Gasteiger partial charge in [0.1, 0.15) is 5.75 Å². The maximum absolute atomic E-state index is 5.95. The first kappa shape index (κ1) is 13.5. The van der Waals surface area contributed by atoms with E-state index in [2.05, 4.69) is 17.1 Å². The summed E-state index contributed by atoms with van der Waals surface area (Å²) in [7, 11) is 0. The van der Waals surface area contributed by atoms with Gasteiger partial charge in [-0.3, -0.25) is 0 Å². The standard InChI is InChI=1S/C14H19N3O2/c1-3-12(15)10-5-7-11(8-6-10)18-9-13-16-14(4-2)19-17-13/h5-8,12H,3-4,9,15H2,1-2H3. The number of hydrogen-bond donors (Lipinski definition) is 1. The van der Waals surface area contributed by atoms with E-state index in [9.17, 15) is 0 Å². The minimum atomic E-state index is 0.0818. The van der Waals surface area contributed by atoms with Gasteiger partial charge in [-0.25, -0.2) is 0 Å². The highest BCUT2D eigenvalue weighted by Crippen LogP contribution is 2.18. The molecule has 0 spiro atoms. The third-order valence-electron chi connectivity index (χ3n) is 2.93. The fourth-order valence-corrected chi connectivity index (χ4v) is 1.69. The molecule has 0 amide bonds. The smallest absolute Gasteiger partial charge is 0.226 e. The summed E-state index contributed by atoms with van der Waals surface area (Å²) in [6.45, 7) is 4.34. The number of aryl methyl sites for hydroxylation is 1. The first-order valence-electron chi connectivity index (χ1n) is 6.52. The lowest BCUT2D eigenvalue weighted by molar-refractivity contribution is 0.285. The number of hydrogen-bond acceptors (Lipinski definition) is 5. The van der Waals surface area contributed by atoms with Gasteiger partial charge in [0.25, 0.3) is 0 Å². The summed E-state index contributed by atoms with van der Waals surface area (Å²) >= 11 is 0. The molecule has 0 saturated carbocycles. The van der Waals surface area contributed by atoms with Crippen molar-refractivity contribution in [3.8, 4) is 5.75 Å². The second-order valence-corrected chi connectivity index (χ2v) is 4.33. The Bertz CT molecular complexity index is 508. The molecule has 1 aromatic heterocycles. The van der Waals surface area contributed by atoms with Gasteiger partial charge >= 0.3 is 0 Å². The maximum Gasteiger partial charge on any atom is 0.226 e. The Kier molecular flexibility index (Phi) is 4.52. The summed E-state index contributed by atoms with van der Waals surface area (Å²) < 4.78 is 10.6. The molecule has 0 fully saturated rings. The van der Waals surface area contributed by atoms with Crippen molar-refractivity contribution in [1.82, 2.24) is 10.1 Å². The number of rotatable bonds is 6. The van der Waals surface area contributed by atoms with E-state index in [0.717, 1.165) is 24.2 Å². The van der Waals surface area contributed by atoms with Crippen LogP contribution >= 0.6 is 0 Å². The zero-order valence-corrected chi connectivity index (χ0v) is 11.3. The lowest BCUT2D eigenvalue weighted by Crippen LogP contribution is -2.08. The van der Waals surface area contributed by atoms with Gasteiger partial charge in [0.2, 0.25) is 11.7 Å². The van der Waals surface area contributed by atoms with Crippen LogP contribution in [-0.2, 0) is 13.0 Å². The van der Waals surface area contributed by atoms with E-state index < -0.39 is 0 Å². The molecule has 1 unspecified atom stereocenters. The zero-order valence-electron chi connectivity index (χ0n) is 11.3. The topological polar surface area (TPSA) is 74.2 Å². The van der Waals surface area contributed by atoms with Gasteiger partial charge in [-0.05, 0) is 24.1 Å². The predicted molar refractivity (Wildman–Crippen MR) is 71.7 cm³/mol. The first-order valence-corrected chi connectivity index (χ1v) is 6.52. The second kappa shape index (κ2) is 6.33. The Morgan fingerprint density at radius 2 is 2.00 bits per heavy atom. The number of ether oxygens (including phenoxy) is 1. The molecule has 0 aliphatic heterocycles. The number of nitrogens with zero attached hydrogens (tertiary/aromatic N) is 2. The van der Waals surface area contributed by atoms with Gasteiger partial charge in [0.15, 0.2) is 6.61 Å². The van der Waals surface area contributed by atoms with Crippen LogP contribution in [0.1, 0.15) is 43.6 Å². The highest BCUT2D eigenvalue weighted by Gasteiger charge is 2.06. The van der Waals surface area contributed by atoms with Crippen LogP contribution in [-0.4, -0.2) is 10.1 Å². The van der Waals surface area contributed by atoms with E-state index in [1.165, 1.54) is 0 Å². The molecule has 1 atom stereocenters. The summed E-state index contributed by atoms with van der Waals surface area (Å²) in [4.78, 5) is 4.18. The SMILES string of the molecule is CCc1nc(COc2ccc(C(N)CC)cc2)no1. The van der Waals surface area contributed by atoms with Crippen molar-refractivity contribution < 1.29 is 9.26 Å². The van der Waals surface area contributed by atoms with Crippen molar-refractivity contribution in [3.05, 3.63) is 41.5 Å². The highest BCUT2D eigenvalue weighted by atomic mass is 16.5. The largest absolute Gasteiger partial charge is 0.485 e. The molecule has 1 aromatic carbocycles. The second-order valence-electron chi connectivity index (χ2n) is 4.33. The molecular formula is C14H19N3O2. The number of benzene rings is 1. The van der Waals surface area contributed by atoms with Crippen molar-refractivity contribution in [2.24, 2.45) is 5.73 Å². The summed E-state index contributed by atoms with van der Waals surface area (Å²) in [6.07, 6.45) is 1.65. The van der Waals surface area contributed by atoms with Gasteiger partial charge in [-0.15, -0.1) is 0 Å². The number of nitrogens with two attached hydrogens (primary N) is 1. The molecule has 0 bridgehead atoms. The van der Waals surface area contributed by atoms with E-state index in [0.29, 0.717) is 18.3 Å². The summed E-state index contributed by atoms with van der Waals surface area (Å²) in [5.41, 5.74) is 7.07. The fraction of sp³-hybridized carbons (Fsp3) is 0.429. The van der Waals surface area contributed by atoms with Crippen molar-refractivity contribution in [2.75, 3.05) is 0 Å². The third kappa shape index (κ3) is 3.54. The van der Waals surface area contributed by atoms with Crippen molar-refractivity contribution >= 4 is 0 Å². The summed E-state index contributed by atoms with van der Waals surface area (Å²) in [5, 5.41) is 3.83. The lowest BCUT2D eigenvalue weighted by atomic mass is 10.1. The molecule has 5 nitrogen and oxygen atoms in total. The minimum Gasteiger partial charge on any atom is -0.485 e. The average Bonchev–Trinajstić information content (AvgIpc) is 2.93. The molecule has 2 N–H and O–H groups in total. The Morgan fingerprint density at radius 3 is 2.58 bits per heavy atom. The Morgan fingerprint density at radius 1 is 1.26 bits per heavy atom. The highest BCUT2D eigenvalue weighted by molar-refractivity contribution is 5.29. The Balaban J connectivity index is 1.92. The van der Waals surface area contributed by atoms with E-state index in [1.54, 1.807) is 0 Å². The van der Waals surface area contributed by atoms with Crippen LogP contribution in [0.2, 0.25) is 0 Å². The van der Waals surface area contributed by atoms with Gasteiger partial charge < -0.3 is 15.0 Å². The molecule has 1 heterocycles. The van der Waals surface area contributed by atoms with Gasteiger partial charge in [-0.2, -0.15) is 4.98 Å². The van der Waals surface area contributed by atoms with Crippen LogP contribution in [0.3, 0.4) is 0 Å². The quantitative estimate of drug-likeness (QED) is 0.865. The van der Waals surface area contributed by atoms with Crippen LogP contribution in [0.15, 0.2) is 28.8 Å². The Labute approximate surface area is 112 Å². The normalized spacial score (nSPS) is 12.4. The average molecular weight is 261 g/mol. The van der Waals surface area contributed by atoms with Crippen molar-refractivity contribution in [1.29, 1.82) is 0 Å². The molecule has 2 rings (SSSR count). The van der Waals surface area contributed by atoms with Gasteiger partial charge in [0, 0.05) is 12.5 Å². The van der Waals surface area contributed by atoms with Gasteiger partial charge in [0.05, 0.1) is 0 Å². The molecule has 5 heteroatoms. The Hall–Kier alpha value is -1.88. The molecule has 0 aliphatic rings. The van der Waals surface area contributed by atoms with E-state index in [-0.39, 0.29) is 6.04 Å². The molecule has 0 radical (unpaired) electrons. The monoisotopic (exact) mass is 261 g/mol. The molecule has 0 aliphatic carbocycles. The lowest BCUT2D eigenvalue weighted by Gasteiger charge is -2.10. The zero-order chi connectivity index (χ0) is 13.7. The van der Waals surface area contributed by atoms with Crippen LogP contribution in [0, 0.1) is 0 Å². The first-order chi connectivity index (χ1) is 9.22. The molecule has 19 heavy (non-hydrogen) atoms. The van der Waals surface area contributed by atoms with Crippen LogP contribution in [0.5, 0.6) is 5.75 Å². The van der Waals surface area contributed by atoms with Crippen LogP contribution < -0.4 is 10.5 Å². The number of aromatic nitrogens is 2. The van der Waals surface area contributed by atoms with Gasteiger partial charge in [-0.1, -0.05) is 31.1 Å². The summed E-state index contributed by atoms with van der Waals surface area (Å²) in [5.74, 6) is 1.96.